The first-order chi connectivity index (χ1) is 8.90. The summed E-state index contributed by atoms with van der Waals surface area (Å²) in [6.45, 7) is 0. The van der Waals surface area contributed by atoms with Crippen LogP contribution in [0.15, 0.2) is 18.2 Å². The van der Waals surface area contributed by atoms with Crippen LogP contribution in [0.25, 0.3) is 0 Å². The van der Waals surface area contributed by atoms with Gasteiger partial charge in [0.1, 0.15) is 5.69 Å². The fourth-order valence-corrected chi connectivity index (χ4v) is 1.55. The molecule has 0 saturated carbocycles. The quantitative estimate of drug-likeness (QED) is 0.616. The minimum atomic E-state index is -0.999. The molecule has 0 radical (unpaired) electrons. The number of halogens is 1. The van der Waals surface area contributed by atoms with Gasteiger partial charge in [0.2, 0.25) is 5.91 Å². The molecule has 0 aliphatic rings. The van der Waals surface area contributed by atoms with Crippen molar-refractivity contribution in [1.82, 2.24) is 0 Å². The zero-order chi connectivity index (χ0) is 14.4. The first-order valence-electron chi connectivity index (χ1n) is 5.35. The Labute approximate surface area is 113 Å². The number of nitro groups is 1. The van der Waals surface area contributed by atoms with Gasteiger partial charge in [0.25, 0.3) is 5.69 Å². The number of hydrogen-bond donors (Lipinski definition) is 2. The van der Waals surface area contributed by atoms with Crippen molar-refractivity contribution < 1.29 is 19.6 Å². The topological polar surface area (TPSA) is 110 Å². The second-order valence-corrected chi connectivity index (χ2v) is 4.15. The lowest BCUT2D eigenvalue weighted by Crippen LogP contribution is -2.13. The van der Waals surface area contributed by atoms with E-state index >= 15 is 0 Å². The van der Waals surface area contributed by atoms with Crippen molar-refractivity contribution in [2.24, 2.45) is 0 Å². The Morgan fingerprint density at radius 2 is 2.05 bits per heavy atom. The van der Waals surface area contributed by atoms with Crippen LogP contribution in [0.5, 0.6) is 0 Å². The minimum absolute atomic E-state index is 0.00201. The van der Waals surface area contributed by atoms with Gasteiger partial charge in [0.15, 0.2) is 0 Å². The van der Waals surface area contributed by atoms with Crippen molar-refractivity contribution >= 4 is 34.9 Å². The Bertz CT molecular complexity index is 518. The van der Waals surface area contributed by atoms with E-state index in [9.17, 15) is 19.7 Å². The third-order valence-electron chi connectivity index (χ3n) is 2.22. The number of carboxylic acids is 1. The molecule has 0 unspecified atom stereocenters. The number of anilines is 1. The molecule has 7 nitrogen and oxygen atoms in total. The zero-order valence-electron chi connectivity index (χ0n) is 9.76. The number of carbonyl (C=O) groups is 2. The monoisotopic (exact) mass is 286 g/mol. The van der Waals surface area contributed by atoms with Crippen LogP contribution >= 0.6 is 11.6 Å². The number of nitro benzene ring substituents is 1. The molecule has 102 valence electrons. The SMILES string of the molecule is O=C(O)CCCC(=O)Nc1cc(Cl)ccc1[N+](=O)[O-]. The molecule has 8 heteroatoms. The summed E-state index contributed by atoms with van der Waals surface area (Å²) in [4.78, 5) is 31.9. The molecule has 1 rings (SSSR count). The van der Waals surface area contributed by atoms with Crippen LogP contribution in [0.1, 0.15) is 19.3 Å². The van der Waals surface area contributed by atoms with Gasteiger partial charge in [0, 0.05) is 23.9 Å². The van der Waals surface area contributed by atoms with Crippen molar-refractivity contribution in [2.45, 2.75) is 19.3 Å². The Kier molecular flexibility index (Phi) is 5.25. The van der Waals surface area contributed by atoms with Gasteiger partial charge in [-0.1, -0.05) is 11.6 Å². The zero-order valence-corrected chi connectivity index (χ0v) is 10.5. The van der Waals surface area contributed by atoms with Crippen molar-refractivity contribution in [2.75, 3.05) is 5.32 Å². The number of aliphatic carboxylic acids is 1. The van der Waals surface area contributed by atoms with E-state index in [2.05, 4.69) is 5.32 Å². The van der Waals surface area contributed by atoms with Crippen molar-refractivity contribution in [3.63, 3.8) is 0 Å². The summed E-state index contributed by atoms with van der Waals surface area (Å²) in [5.41, 5.74) is -0.270. The second kappa shape index (κ2) is 6.69. The Hall–Kier alpha value is -2.15. The fourth-order valence-electron chi connectivity index (χ4n) is 1.38. The molecule has 0 spiro atoms. The van der Waals surface area contributed by atoms with Crippen LogP contribution in [0.4, 0.5) is 11.4 Å². The highest BCUT2D eigenvalue weighted by Crippen LogP contribution is 2.27. The standard InChI is InChI=1S/C11H11ClN2O5/c12-7-4-5-9(14(18)19)8(6-7)13-10(15)2-1-3-11(16)17/h4-6H,1-3H2,(H,13,15)(H,16,17). The van der Waals surface area contributed by atoms with Gasteiger partial charge >= 0.3 is 5.97 Å². The second-order valence-electron chi connectivity index (χ2n) is 3.71. The Morgan fingerprint density at radius 3 is 2.63 bits per heavy atom. The van der Waals surface area contributed by atoms with E-state index in [-0.39, 0.29) is 35.7 Å². The highest BCUT2D eigenvalue weighted by atomic mass is 35.5. The average molecular weight is 287 g/mol. The lowest BCUT2D eigenvalue weighted by atomic mass is 10.2. The fraction of sp³-hybridized carbons (Fsp3) is 0.273. The number of nitrogens with zero attached hydrogens (tertiary/aromatic N) is 1. The Balaban J connectivity index is 2.70. The molecule has 19 heavy (non-hydrogen) atoms. The number of amides is 1. The van der Waals surface area contributed by atoms with Gasteiger partial charge < -0.3 is 10.4 Å². The third-order valence-corrected chi connectivity index (χ3v) is 2.46. The summed E-state index contributed by atoms with van der Waals surface area (Å²) in [5, 5.41) is 21.8. The summed E-state index contributed by atoms with van der Waals surface area (Å²) < 4.78 is 0. The summed E-state index contributed by atoms with van der Waals surface area (Å²) >= 11 is 5.70. The number of carbonyl (C=O) groups excluding carboxylic acids is 1. The Morgan fingerprint density at radius 1 is 1.37 bits per heavy atom. The van der Waals surface area contributed by atoms with E-state index in [1.807, 2.05) is 0 Å². The first-order valence-corrected chi connectivity index (χ1v) is 5.73. The van der Waals surface area contributed by atoms with Gasteiger partial charge in [0.05, 0.1) is 4.92 Å². The number of nitrogens with one attached hydrogen (secondary N) is 1. The maximum atomic E-state index is 11.5. The molecule has 0 heterocycles. The minimum Gasteiger partial charge on any atom is -0.481 e. The van der Waals surface area contributed by atoms with Gasteiger partial charge in [-0.15, -0.1) is 0 Å². The van der Waals surface area contributed by atoms with Crippen LogP contribution in [0, 0.1) is 10.1 Å². The molecule has 1 aromatic rings. The lowest BCUT2D eigenvalue weighted by molar-refractivity contribution is -0.383. The van der Waals surface area contributed by atoms with E-state index < -0.39 is 16.8 Å². The maximum absolute atomic E-state index is 11.5. The maximum Gasteiger partial charge on any atom is 0.303 e. The molecular formula is C11H11ClN2O5. The molecule has 1 amide bonds. The molecule has 0 aliphatic carbocycles. The molecule has 0 saturated heterocycles. The average Bonchev–Trinajstić information content (AvgIpc) is 2.27. The lowest BCUT2D eigenvalue weighted by Gasteiger charge is -2.06. The molecule has 1 aromatic carbocycles. The van der Waals surface area contributed by atoms with Crippen LogP contribution in [0.2, 0.25) is 5.02 Å². The predicted octanol–water partition coefficient (Wildman–Crippen LogP) is 2.44. The molecule has 0 aromatic heterocycles. The summed E-state index contributed by atoms with van der Waals surface area (Å²) in [6, 6.07) is 3.81. The number of rotatable bonds is 6. The predicted molar refractivity (Wildman–Crippen MR) is 68.2 cm³/mol. The molecule has 0 bridgehead atoms. The highest BCUT2D eigenvalue weighted by molar-refractivity contribution is 6.31. The van der Waals surface area contributed by atoms with Crippen molar-refractivity contribution in [3.05, 3.63) is 33.3 Å². The molecular weight excluding hydrogens is 276 g/mol. The molecule has 0 atom stereocenters. The largest absolute Gasteiger partial charge is 0.481 e. The molecule has 0 aliphatic heterocycles. The normalized spacial score (nSPS) is 9.95. The van der Waals surface area contributed by atoms with Gasteiger partial charge in [-0.2, -0.15) is 0 Å². The van der Waals surface area contributed by atoms with Gasteiger partial charge in [-0.05, 0) is 18.6 Å². The van der Waals surface area contributed by atoms with Gasteiger partial charge in [-0.3, -0.25) is 19.7 Å². The third kappa shape index (κ3) is 4.92. The number of carboxylic acid groups (broad SMARTS) is 1. The molecule has 2 N–H and O–H groups in total. The van der Waals surface area contributed by atoms with E-state index in [4.69, 9.17) is 16.7 Å². The number of benzene rings is 1. The summed E-state index contributed by atoms with van der Waals surface area (Å²) in [7, 11) is 0. The van der Waals surface area contributed by atoms with Crippen molar-refractivity contribution in [1.29, 1.82) is 0 Å². The first kappa shape index (κ1) is 14.9. The highest BCUT2D eigenvalue weighted by Gasteiger charge is 2.16. The van der Waals surface area contributed by atoms with E-state index in [1.165, 1.54) is 18.2 Å². The number of hydrogen-bond acceptors (Lipinski definition) is 4. The smallest absolute Gasteiger partial charge is 0.303 e. The van der Waals surface area contributed by atoms with Crippen LogP contribution < -0.4 is 5.32 Å². The van der Waals surface area contributed by atoms with E-state index in [0.29, 0.717) is 0 Å². The van der Waals surface area contributed by atoms with Crippen LogP contribution in [-0.2, 0) is 9.59 Å². The van der Waals surface area contributed by atoms with E-state index in [0.717, 1.165) is 0 Å². The molecule has 0 fully saturated rings. The van der Waals surface area contributed by atoms with Gasteiger partial charge in [-0.25, -0.2) is 0 Å². The summed E-state index contributed by atoms with van der Waals surface area (Å²) in [5.74, 6) is -1.49. The van der Waals surface area contributed by atoms with E-state index in [1.54, 1.807) is 0 Å². The van der Waals surface area contributed by atoms with Crippen LogP contribution in [0.3, 0.4) is 0 Å². The summed E-state index contributed by atoms with van der Waals surface area (Å²) in [6.07, 6.45) is -0.00342. The van der Waals surface area contributed by atoms with Crippen molar-refractivity contribution in [3.8, 4) is 0 Å². The van der Waals surface area contributed by atoms with Crippen LogP contribution in [-0.4, -0.2) is 21.9 Å².